The number of carbonyl (C=O) groups is 1. The molecule has 76 valence electrons. The van der Waals surface area contributed by atoms with Gasteiger partial charge in [0.2, 0.25) is 0 Å². The first-order chi connectivity index (χ1) is 6.09. The van der Waals surface area contributed by atoms with Gasteiger partial charge in [0.15, 0.2) is 0 Å². The van der Waals surface area contributed by atoms with Crippen molar-refractivity contribution in [3.05, 3.63) is 11.1 Å². The third kappa shape index (κ3) is 5.42. The van der Waals surface area contributed by atoms with E-state index in [2.05, 4.69) is 0 Å². The lowest BCUT2D eigenvalue weighted by molar-refractivity contribution is -0.139. The summed E-state index contributed by atoms with van der Waals surface area (Å²) >= 11 is 0. The molecule has 0 aliphatic heterocycles. The van der Waals surface area contributed by atoms with Gasteiger partial charge in [-0.1, -0.05) is 5.57 Å². The SMILES string of the molecule is CC(C)=C(C)C(=O)OCCCCN. The van der Waals surface area contributed by atoms with Crippen molar-refractivity contribution in [1.82, 2.24) is 0 Å². The Bertz CT molecular complexity index is 193. The van der Waals surface area contributed by atoms with E-state index in [4.69, 9.17) is 10.5 Å². The molecule has 0 atom stereocenters. The number of rotatable bonds is 5. The maximum Gasteiger partial charge on any atom is 0.333 e. The molecule has 2 N–H and O–H groups in total. The van der Waals surface area contributed by atoms with E-state index >= 15 is 0 Å². The zero-order valence-electron chi connectivity index (χ0n) is 8.72. The standard InChI is InChI=1S/C10H19NO2/c1-8(2)9(3)10(12)13-7-5-4-6-11/h4-7,11H2,1-3H3. The molecule has 0 spiro atoms. The average Bonchev–Trinajstić information content (AvgIpc) is 2.10. The molecule has 0 aliphatic rings. The predicted molar refractivity (Wildman–Crippen MR) is 53.3 cm³/mol. The second-order valence-electron chi connectivity index (χ2n) is 3.26. The van der Waals surface area contributed by atoms with Crippen LogP contribution in [0.5, 0.6) is 0 Å². The fourth-order valence-corrected chi connectivity index (χ4v) is 0.724. The summed E-state index contributed by atoms with van der Waals surface area (Å²) in [4.78, 5) is 11.2. The fraction of sp³-hybridized carbons (Fsp3) is 0.700. The van der Waals surface area contributed by atoms with Crippen molar-refractivity contribution in [2.24, 2.45) is 5.73 Å². The van der Waals surface area contributed by atoms with Gasteiger partial charge < -0.3 is 10.5 Å². The van der Waals surface area contributed by atoms with Crippen LogP contribution < -0.4 is 5.73 Å². The van der Waals surface area contributed by atoms with Gasteiger partial charge in [-0.2, -0.15) is 0 Å². The van der Waals surface area contributed by atoms with Crippen LogP contribution in [0.4, 0.5) is 0 Å². The molecule has 0 heterocycles. The Balaban J connectivity index is 3.70. The summed E-state index contributed by atoms with van der Waals surface area (Å²) in [6, 6.07) is 0. The second kappa shape index (κ2) is 6.66. The summed E-state index contributed by atoms with van der Waals surface area (Å²) in [6.07, 6.45) is 1.75. The van der Waals surface area contributed by atoms with Crippen molar-refractivity contribution < 1.29 is 9.53 Å². The van der Waals surface area contributed by atoms with Crippen molar-refractivity contribution in [3.8, 4) is 0 Å². The summed E-state index contributed by atoms with van der Waals surface area (Å²) < 4.78 is 5.01. The normalized spacial score (nSPS) is 9.54. The third-order valence-electron chi connectivity index (χ3n) is 1.89. The smallest absolute Gasteiger partial charge is 0.333 e. The minimum atomic E-state index is -0.211. The molecule has 3 heteroatoms. The fourth-order valence-electron chi connectivity index (χ4n) is 0.724. The van der Waals surface area contributed by atoms with Crippen LogP contribution >= 0.6 is 0 Å². The molecular weight excluding hydrogens is 166 g/mol. The number of carbonyl (C=O) groups excluding carboxylic acids is 1. The minimum Gasteiger partial charge on any atom is -0.462 e. The Morgan fingerprint density at radius 2 is 1.85 bits per heavy atom. The molecule has 3 nitrogen and oxygen atoms in total. The van der Waals surface area contributed by atoms with Crippen molar-refractivity contribution in [1.29, 1.82) is 0 Å². The summed E-state index contributed by atoms with van der Waals surface area (Å²) in [5.74, 6) is -0.211. The van der Waals surface area contributed by atoms with Gasteiger partial charge in [-0.05, 0) is 40.2 Å². The number of nitrogens with two attached hydrogens (primary N) is 1. The molecule has 0 radical (unpaired) electrons. The van der Waals surface area contributed by atoms with Gasteiger partial charge >= 0.3 is 5.97 Å². The van der Waals surface area contributed by atoms with Gasteiger partial charge in [-0.3, -0.25) is 0 Å². The number of esters is 1. The zero-order chi connectivity index (χ0) is 10.3. The van der Waals surface area contributed by atoms with Crippen LogP contribution in [-0.4, -0.2) is 19.1 Å². The molecule has 0 saturated carbocycles. The lowest BCUT2D eigenvalue weighted by Crippen LogP contribution is -2.09. The molecule has 0 bridgehead atoms. The topological polar surface area (TPSA) is 52.3 Å². The van der Waals surface area contributed by atoms with Crippen LogP contribution in [0.25, 0.3) is 0 Å². The Morgan fingerprint density at radius 1 is 1.23 bits per heavy atom. The number of allylic oxidation sites excluding steroid dienone is 1. The van der Waals surface area contributed by atoms with E-state index in [0.717, 1.165) is 18.4 Å². The van der Waals surface area contributed by atoms with Crippen molar-refractivity contribution >= 4 is 5.97 Å². The first-order valence-corrected chi connectivity index (χ1v) is 4.61. The lowest BCUT2D eigenvalue weighted by Gasteiger charge is -2.05. The minimum absolute atomic E-state index is 0.211. The van der Waals surface area contributed by atoms with Crippen LogP contribution in [-0.2, 0) is 9.53 Å². The molecule has 0 saturated heterocycles. The largest absolute Gasteiger partial charge is 0.462 e. The Hall–Kier alpha value is -0.830. The highest BCUT2D eigenvalue weighted by atomic mass is 16.5. The molecule has 0 aliphatic carbocycles. The predicted octanol–water partition coefficient (Wildman–Crippen LogP) is 1.62. The highest BCUT2D eigenvalue weighted by Crippen LogP contribution is 2.04. The molecule has 0 rings (SSSR count). The number of hydrogen-bond acceptors (Lipinski definition) is 3. The summed E-state index contributed by atoms with van der Waals surface area (Å²) in [7, 11) is 0. The molecule has 13 heavy (non-hydrogen) atoms. The highest BCUT2D eigenvalue weighted by Gasteiger charge is 2.05. The number of hydrogen-bond donors (Lipinski definition) is 1. The van der Waals surface area contributed by atoms with Crippen LogP contribution in [0.15, 0.2) is 11.1 Å². The van der Waals surface area contributed by atoms with Crippen LogP contribution in [0.2, 0.25) is 0 Å². The zero-order valence-corrected chi connectivity index (χ0v) is 8.72. The number of ether oxygens (including phenoxy) is 1. The van der Waals surface area contributed by atoms with Crippen LogP contribution in [0.3, 0.4) is 0 Å². The van der Waals surface area contributed by atoms with E-state index in [9.17, 15) is 4.79 Å². The quantitative estimate of drug-likeness (QED) is 0.402. The van der Waals surface area contributed by atoms with Gasteiger partial charge in [0.1, 0.15) is 0 Å². The first kappa shape index (κ1) is 12.2. The Morgan fingerprint density at radius 3 is 2.31 bits per heavy atom. The van der Waals surface area contributed by atoms with Crippen LogP contribution in [0, 0.1) is 0 Å². The van der Waals surface area contributed by atoms with Gasteiger partial charge in [-0.15, -0.1) is 0 Å². The monoisotopic (exact) mass is 185 g/mol. The van der Waals surface area contributed by atoms with E-state index in [0.29, 0.717) is 18.7 Å². The van der Waals surface area contributed by atoms with Crippen molar-refractivity contribution in [2.45, 2.75) is 33.6 Å². The van der Waals surface area contributed by atoms with Gasteiger partial charge in [0.05, 0.1) is 6.61 Å². The molecule has 0 amide bonds. The Labute approximate surface area is 79.9 Å². The first-order valence-electron chi connectivity index (χ1n) is 4.61. The average molecular weight is 185 g/mol. The number of unbranched alkanes of at least 4 members (excludes halogenated alkanes) is 1. The summed E-state index contributed by atoms with van der Waals surface area (Å²) in [5.41, 5.74) is 7.01. The van der Waals surface area contributed by atoms with Gasteiger partial charge in [0.25, 0.3) is 0 Å². The van der Waals surface area contributed by atoms with E-state index in [1.807, 2.05) is 13.8 Å². The third-order valence-corrected chi connectivity index (χ3v) is 1.89. The van der Waals surface area contributed by atoms with E-state index in [-0.39, 0.29) is 5.97 Å². The molecule has 0 aromatic rings. The van der Waals surface area contributed by atoms with E-state index in [1.165, 1.54) is 0 Å². The van der Waals surface area contributed by atoms with Crippen LogP contribution in [0.1, 0.15) is 33.6 Å². The van der Waals surface area contributed by atoms with E-state index in [1.54, 1.807) is 6.92 Å². The molecular formula is C10H19NO2. The molecule has 0 aromatic carbocycles. The molecule has 0 fully saturated rings. The second-order valence-corrected chi connectivity index (χ2v) is 3.26. The maximum atomic E-state index is 11.2. The van der Waals surface area contributed by atoms with E-state index < -0.39 is 0 Å². The van der Waals surface area contributed by atoms with Gasteiger partial charge in [-0.25, -0.2) is 4.79 Å². The maximum absolute atomic E-state index is 11.2. The van der Waals surface area contributed by atoms with Crippen molar-refractivity contribution in [3.63, 3.8) is 0 Å². The Kier molecular flexibility index (Phi) is 6.24. The summed E-state index contributed by atoms with van der Waals surface area (Å²) in [5, 5.41) is 0. The lowest BCUT2D eigenvalue weighted by atomic mass is 10.2. The molecule has 0 unspecified atom stereocenters. The molecule has 0 aromatic heterocycles. The summed E-state index contributed by atoms with van der Waals surface area (Å²) in [6.45, 7) is 6.70. The highest BCUT2D eigenvalue weighted by molar-refractivity contribution is 5.88. The van der Waals surface area contributed by atoms with Gasteiger partial charge in [0, 0.05) is 5.57 Å². The van der Waals surface area contributed by atoms with Crippen molar-refractivity contribution in [2.75, 3.05) is 13.2 Å².